The maximum Gasteiger partial charge on any atom is 0.230 e. The van der Waals surface area contributed by atoms with Crippen molar-refractivity contribution >= 4 is 10.0 Å². The van der Waals surface area contributed by atoms with E-state index in [9.17, 15) is 13.5 Å². The van der Waals surface area contributed by atoms with Gasteiger partial charge in [-0.3, -0.25) is 0 Å². The minimum absolute atomic E-state index is 0.00836. The molecule has 0 spiro atoms. The summed E-state index contributed by atoms with van der Waals surface area (Å²) in [6, 6.07) is 1.82. The first kappa shape index (κ1) is 13.4. The summed E-state index contributed by atoms with van der Waals surface area (Å²) in [4.78, 5) is 0. The molecule has 3 unspecified atom stereocenters. The van der Waals surface area contributed by atoms with Crippen LogP contribution in [0.2, 0.25) is 0 Å². The predicted molar refractivity (Wildman–Crippen MR) is 60.0 cm³/mol. The van der Waals surface area contributed by atoms with Crippen LogP contribution in [0, 0.1) is 17.2 Å². The molecular formula is C10H18N2O3S. The van der Waals surface area contributed by atoms with E-state index in [0.29, 0.717) is 25.9 Å². The Kier molecular flexibility index (Phi) is 4.30. The quantitative estimate of drug-likeness (QED) is 0.774. The molecule has 5 nitrogen and oxygen atoms in total. The van der Waals surface area contributed by atoms with Gasteiger partial charge >= 0.3 is 0 Å². The van der Waals surface area contributed by atoms with Crippen molar-refractivity contribution in [2.75, 3.05) is 13.1 Å². The number of sulfonamides is 1. The Balaban J connectivity index is 2.77. The molecule has 1 fully saturated rings. The summed E-state index contributed by atoms with van der Waals surface area (Å²) >= 11 is 0. The highest BCUT2D eigenvalue weighted by Crippen LogP contribution is 2.24. The van der Waals surface area contributed by atoms with Gasteiger partial charge in [-0.2, -0.15) is 5.26 Å². The largest absolute Gasteiger partial charge is 0.393 e. The summed E-state index contributed by atoms with van der Waals surface area (Å²) in [5, 5.41) is 17.2. The Morgan fingerprint density at radius 3 is 2.62 bits per heavy atom. The van der Waals surface area contributed by atoms with Crippen LogP contribution in [0.3, 0.4) is 0 Å². The van der Waals surface area contributed by atoms with Crippen LogP contribution in [0.25, 0.3) is 0 Å². The van der Waals surface area contributed by atoms with Gasteiger partial charge in [0.25, 0.3) is 0 Å². The lowest BCUT2D eigenvalue weighted by molar-refractivity contribution is 0.133. The Morgan fingerprint density at radius 2 is 2.25 bits per heavy atom. The van der Waals surface area contributed by atoms with E-state index >= 15 is 0 Å². The second-order valence-corrected chi connectivity index (χ2v) is 6.33. The average molecular weight is 246 g/mol. The zero-order chi connectivity index (χ0) is 12.3. The van der Waals surface area contributed by atoms with Crippen molar-refractivity contribution in [3.63, 3.8) is 0 Å². The van der Waals surface area contributed by atoms with Gasteiger partial charge in [0.2, 0.25) is 10.0 Å². The van der Waals surface area contributed by atoms with Crippen LogP contribution in [0.1, 0.15) is 26.7 Å². The molecule has 1 heterocycles. The van der Waals surface area contributed by atoms with E-state index in [1.807, 2.05) is 6.07 Å². The highest BCUT2D eigenvalue weighted by atomic mass is 32.2. The molecule has 0 aliphatic carbocycles. The van der Waals surface area contributed by atoms with Gasteiger partial charge in [0, 0.05) is 13.1 Å². The highest BCUT2D eigenvalue weighted by Gasteiger charge is 2.37. The van der Waals surface area contributed by atoms with Gasteiger partial charge in [-0.05, 0) is 25.7 Å². The molecule has 1 N–H and O–H groups in total. The standard InChI is InChI=1S/C10H18N2O3S/c1-3-10(6-11)16(14,15)12-5-4-9(7-12)8(2)13/h8-10,13H,3-5,7H2,1-2H3. The summed E-state index contributed by atoms with van der Waals surface area (Å²) in [6.45, 7) is 4.10. The highest BCUT2D eigenvalue weighted by molar-refractivity contribution is 7.90. The van der Waals surface area contributed by atoms with Crippen molar-refractivity contribution in [1.82, 2.24) is 4.31 Å². The average Bonchev–Trinajstić information content (AvgIpc) is 2.68. The molecule has 0 radical (unpaired) electrons. The van der Waals surface area contributed by atoms with Gasteiger partial charge in [0.05, 0.1) is 12.2 Å². The van der Waals surface area contributed by atoms with Crippen LogP contribution in [-0.4, -0.2) is 42.3 Å². The van der Waals surface area contributed by atoms with Crippen molar-refractivity contribution in [2.45, 2.75) is 38.0 Å². The third-order valence-corrected chi connectivity index (χ3v) is 5.31. The monoisotopic (exact) mass is 246 g/mol. The van der Waals surface area contributed by atoms with Crippen LogP contribution in [0.15, 0.2) is 0 Å². The van der Waals surface area contributed by atoms with E-state index in [1.54, 1.807) is 13.8 Å². The minimum atomic E-state index is -3.51. The van der Waals surface area contributed by atoms with Gasteiger partial charge in [-0.25, -0.2) is 12.7 Å². The molecule has 0 saturated carbocycles. The van der Waals surface area contributed by atoms with Gasteiger partial charge in [0.1, 0.15) is 0 Å². The van der Waals surface area contributed by atoms with Crippen molar-refractivity contribution in [3.05, 3.63) is 0 Å². The van der Waals surface area contributed by atoms with E-state index in [-0.39, 0.29) is 5.92 Å². The molecule has 0 bridgehead atoms. The van der Waals surface area contributed by atoms with E-state index in [1.165, 1.54) is 4.31 Å². The van der Waals surface area contributed by atoms with Gasteiger partial charge in [-0.1, -0.05) is 6.92 Å². The van der Waals surface area contributed by atoms with Crippen LogP contribution in [0.4, 0.5) is 0 Å². The molecule has 3 atom stereocenters. The molecule has 0 aromatic carbocycles. The Morgan fingerprint density at radius 1 is 1.62 bits per heavy atom. The van der Waals surface area contributed by atoms with Crippen molar-refractivity contribution in [1.29, 1.82) is 5.26 Å². The first-order valence-electron chi connectivity index (χ1n) is 5.50. The Labute approximate surface area is 96.7 Å². The number of nitrogens with zero attached hydrogens (tertiary/aromatic N) is 2. The number of aliphatic hydroxyl groups excluding tert-OH is 1. The molecule has 0 aromatic rings. The van der Waals surface area contributed by atoms with Crippen LogP contribution >= 0.6 is 0 Å². The zero-order valence-electron chi connectivity index (χ0n) is 9.63. The molecule has 1 aliphatic rings. The van der Waals surface area contributed by atoms with E-state index in [0.717, 1.165) is 0 Å². The summed E-state index contributed by atoms with van der Waals surface area (Å²) < 4.78 is 25.3. The van der Waals surface area contributed by atoms with E-state index in [4.69, 9.17) is 5.26 Å². The fourth-order valence-corrected chi connectivity index (χ4v) is 3.60. The van der Waals surface area contributed by atoms with Crippen LogP contribution in [0.5, 0.6) is 0 Å². The first-order chi connectivity index (χ1) is 7.43. The third-order valence-electron chi connectivity index (χ3n) is 3.10. The zero-order valence-corrected chi connectivity index (χ0v) is 10.4. The minimum Gasteiger partial charge on any atom is -0.393 e. The normalized spacial score (nSPS) is 26.2. The molecule has 0 amide bonds. The fourth-order valence-electron chi connectivity index (χ4n) is 1.93. The number of aliphatic hydroxyl groups is 1. The lowest BCUT2D eigenvalue weighted by Gasteiger charge is -2.19. The van der Waals surface area contributed by atoms with Crippen LogP contribution in [-0.2, 0) is 10.0 Å². The van der Waals surface area contributed by atoms with E-state index < -0.39 is 21.4 Å². The van der Waals surface area contributed by atoms with E-state index in [2.05, 4.69) is 0 Å². The fraction of sp³-hybridized carbons (Fsp3) is 0.900. The Bertz CT molecular complexity index is 372. The van der Waals surface area contributed by atoms with Crippen LogP contribution < -0.4 is 0 Å². The number of rotatable bonds is 4. The summed E-state index contributed by atoms with van der Waals surface area (Å²) in [5.74, 6) is -0.00836. The summed E-state index contributed by atoms with van der Waals surface area (Å²) in [6.07, 6.45) is 0.468. The molecule has 1 rings (SSSR count). The molecule has 16 heavy (non-hydrogen) atoms. The second kappa shape index (κ2) is 5.13. The maximum atomic E-state index is 12.0. The van der Waals surface area contributed by atoms with Gasteiger partial charge in [0.15, 0.2) is 5.25 Å². The van der Waals surface area contributed by atoms with Crippen molar-refractivity contribution < 1.29 is 13.5 Å². The lowest BCUT2D eigenvalue weighted by Crippen LogP contribution is -2.37. The molecule has 6 heteroatoms. The molecule has 0 aromatic heterocycles. The summed E-state index contributed by atoms with van der Waals surface area (Å²) in [5.41, 5.74) is 0. The molecule has 92 valence electrons. The predicted octanol–water partition coefficient (Wildman–Crippen LogP) is 0.321. The van der Waals surface area contributed by atoms with Crippen molar-refractivity contribution in [3.8, 4) is 6.07 Å². The molecule has 1 aliphatic heterocycles. The van der Waals surface area contributed by atoms with Gasteiger partial charge < -0.3 is 5.11 Å². The van der Waals surface area contributed by atoms with Gasteiger partial charge in [-0.15, -0.1) is 0 Å². The first-order valence-corrected chi connectivity index (χ1v) is 7.00. The third kappa shape index (κ3) is 2.54. The second-order valence-electron chi connectivity index (χ2n) is 4.22. The topological polar surface area (TPSA) is 81.4 Å². The number of hydrogen-bond donors (Lipinski definition) is 1. The van der Waals surface area contributed by atoms with Crippen molar-refractivity contribution in [2.24, 2.45) is 5.92 Å². The SMILES string of the molecule is CCC(C#N)S(=O)(=O)N1CCC(C(C)O)C1. The summed E-state index contributed by atoms with van der Waals surface area (Å²) in [7, 11) is -3.51. The molecule has 1 saturated heterocycles. The Hall–Kier alpha value is -0.640. The maximum absolute atomic E-state index is 12.0. The molecular weight excluding hydrogens is 228 g/mol. The smallest absolute Gasteiger partial charge is 0.230 e. The number of nitriles is 1. The number of hydrogen-bond acceptors (Lipinski definition) is 4. The lowest BCUT2D eigenvalue weighted by atomic mass is 10.0.